The van der Waals surface area contributed by atoms with E-state index in [2.05, 4.69) is 4.74 Å². The van der Waals surface area contributed by atoms with Crippen LogP contribution in [0.15, 0.2) is 36.4 Å². The zero-order valence-electron chi connectivity index (χ0n) is 12.8. The molecule has 0 aliphatic rings. The van der Waals surface area contributed by atoms with Gasteiger partial charge in [0, 0.05) is 6.08 Å². The molecule has 2 N–H and O–H groups in total. The highest BCUT2D eigenvalue weighted by atomic mass is 16.5. The van der Waals surface area contributed by atoms with Gasteiger partial charge in [0.15, 0.2) is 0 Å². The number of benzene rings is 1. The van der Waals surface area contributed by atoms with Crippen LogP contribution in [0.3, 0.4) is 0 Å². The third-order valence-corrected chi connectivity index (χ3v) is 3.06. The first-order valence-corrected chi connectivity index (χ1v) is 6.88. The van der Waals surface area contributed by atoms with Crippen LogP contribution in [0.25, 0.3) is 0 Å². The van der Waals surface area contributed by atoms with E-state index in [4.69, 9.17) is 14.6 Å². The second-order valence-electron chi connectivity index (χ2n) is 4.61. The molecule has 0 aliphatic carbocycles. The molecule has 0 bridgehead atoms. The second kappa shape index (κ2) is 9.94. The molecule has 0 unspecified atom stereocenters. The molecule has 2 atom stereocenters. The van der Waals surface area contributed by atoms with Crippen LogP contribution in [0.2, 0.25) is 0 Å². The Morgan fingerprint density at radius 1 is 1.27 bits per heavy atom. The minimum atomic E-state index is -1.03. The molecule has 0 aliphatic heterocycles. The number of esters is 1. The topological polar surface area (TPSA) is 85.2 Å². The van der Waals surface area contributed by atoms with Gasteiger partial charge in [-0.25, -0.2) is 4.79 Å². The van der Waals surface area contributed by atoms with Gasteiger partial charge in [0.25, 0.3) is 0 Å². The molecular weight excluding hydrogens is 288 g/mol. The zero-order chi connectivity index (χ0) is 16.4. The number of carbonyl (C=O) groups excluding carboxylic acids is 1. The van der Waals surface area contributed by atoms with E-state index >= 15 is 0 Å². The summed E-state index contributed by atoms with van der Waals surface area (Å²) in [6, 6.07) is 7.33. The molecular formula is C16H22O6. The minimum absolute atomic E-state index is 0.276. The summed E-state index contributed by atoms with van der Waals surface area (Å²) >= 11 is 0. The number of hydrogen-bond acceptors (Lipinski definition) is 6. The number of aliphatic hydroxyl groups excluding tert-OH is 2. The van der Waals surface area contributed by atoms with Crippen LogP contribution in [0.4, 0.5) is 0 Å². The average Bonchev–Trinajstić information content (AvgIpc) is 2.57. The number of rotatable bonds is 9. The van der Waals surface area contributed by atoms with Crippen LogP contribution >= 0.6 is 0 Å². The monoisotopic (exact) mass is 310 g/mol. The largest absolute Gasteiger partial charge is 0.497 e. The molecule has 6 nitrogen and oxygen atoms in total. The number of aliphatic hydroxyl groups is 2. The fourth-order valence-corrected chi connectivity index (χ4v) is 1.75. The van der Waals surface area contributed by atoms with E-state index in [1.807, 2.05) is 24.3 Å². The fourth-order valence-electron chi connectivity index (χ4n) is 1.75. The summed E-state index contributed by atoms with van der Waals surface area (Å²) in [6.07, 6.45) is 1.44. The van der Waals surface area contributed by atoms with Crippen LogP contribution < -0.4 is 4.74 Å². The Kier molecular flexibility index (Phi) is 8.21. The van der Waals surface area contributed by atoms with Crippen molar-refractivity contribution >= 4 is 5.97 Å². The highest BCUT2D eigenvalue weighted by molar-refractivity contribution is 5.81. The van der Waals surface area contributed by atoms with E-state index in [9.17, 15) is 9.90 Å². The first-order valence-electron chi connectivity index (χ1n) is 6.88. The maximum atomic E-state index is 11.0. The van der Waals surface area contributed by atoms with Crippen molar-refractivity contribution in [2.24, 2.45) is 0 Å². The van der Waals surface area contributed by atoms with Crippen molar-refractivity contribution in [2.45, 2.75) is 25.2 Å². The smallest absolute Gasteiger partial charge is 0.330 e. The van der Waals surface area contributed by atoms with Crippen LogP contribution in [-0.4, -0.2) is 49.2 Å². The van der Waals surface area contributed by atoms with Gasteiger partial charge in [-0.3, -0.25) is 0 Å². The van der Waals surface area contributed by atoms with Crippen LogP contribution in [0.1, 0.15) is 12.0 Å². The zero-order valence-corrected chi connectivity index (χ0v) is 12.8. The van der Waals surface area contributed by atoms with Gasteiger partial charge < -0.3 is 24.4 Å². The van der Waals surface area contributed by atoms with E-state index < -0.39 is 24.8 Å². The van der Waals surface area contributed by atoms with Gasteiger partial charge in [-0.1, -0.05) is 18.2 Å². The standard InChI is InChI=1S/C16H22O6/c1-20-13-8-6-12(7-9-13)11-22-15(14(18)10-17)4-3-5-16(19)21-2/h3,5-9,14-15,17-18H,4,10-11H2,1-2H3/t14-,15+/m1/s1. The van der Waals surface area contributed by atoms with Crippen molar-refractivity contribution in [1.29, 1.82) is 0 Å². The molecule has 0 radical (unpaired) electrons. The Balaban J connectivity index is 2.56. The predicted octanol–water partition coefficient (Wildman–Crippen LogP) is 1.05. The third kappa shape index (κ3) is 6.26. The van der Waals surface area contributed by atoms with E-state index in [1.54, 1.807) is 13.2 Å². The lowest BCUT2D eigenvalue weighted by atomic mass is 10.1. The van der Waals surface area contributed by atoms with Gasteiger partial charge in [-0.15, -0.1) is 0 Å². The maximum absolute atomic E-state index is 11.0. The number of methoxy groups -OCH3 is 2. The molecule has 1 aromatic rings. The normalized spacial score (nSPS) is 13.8. The third-order valence-electron chi connectivity index (χ3n) is 3.06. The van der Waals surface area contributed by atoms with Crippen molar-refractivity contribution in [2.75, 3.05) is 20.8 Å². The molecule has 6 heteroatoms. The van der Waals surface area contributed by atoms with Crippen LogP contribution in [0.5, 0.6) is 5.75 Å². The van der Waals surface area contributed by atoms with Crippen molar-refractivity contribution in [3.63, 3.8) is 0 Å². The molecule has 0 aromatic heterocycles. The lowest BCUT2D eigenvalue weighted by Gasteiger charge is -2.20. The molecule has 122 valence electrons. The number of carbonyl (C=O) groups is 1. The Morgan fingerprint density at radius 2 is 1.95 bits per heavy atom. The Morgan fingerprint density at radius 3 is 2.50 bits per heavy atom. The molecule has 0 amide bonds. The lowest BCUT2D eigenvalue weighted by molar-refractivity contribution is -0.134. The first-order chi connectivity index (χ1) is 10.6. The average molecular weight is 310 g/mol. The SMILES string of the molecule is COC(=O)C=CC[C@H](OCc1ccc(OC)cc1)[C@H](O)CO. The summed E-state index contributed by atoms with van der Waals surface area (Å²) in [5, 5.41) is 18.8. The van der Waals surface area contributed by atoms with E-state index in [-0.39, 0.29) is 13.0 Å². The minimum Gasteiger partial charge on any atom is -0.497 e. The summed E-state index contributed by atoms with van der Waals surface area (Å²) in [7, 11) is 2.87. The predicted molar refractivity (Wildman–Crippen MR) is 80.4 cm³/mol. The van der Waals surface area contributed by atoms with Gasteiger partial charge in [0.05, 0.1) is 33.5 Å². The molecule has 0 heterocycles. The quantitative estimate of drug-likeness (QED) is 0.524. The summed E-state index contributed by atoms with van der Waals surface area (Å²) in [4.78, 5) is 11.0. The fraction of sp³-hybridized carbons (Fsp3) is 0.438. The van der Waals surface area contributed by atoms with E-state index in [0.29, 0.717) is 0 Å². The Bertz CT molecular complexity index is 468. The van der Waals surface area contributed by atoms with Gasteiger partial charge in [-0.05, 0) is 24.1 Å². The Labute approximate surface area is 129 Å². The molecule has 0 spiro atoms. The van der Waals surface area contributed by atoms with E-state index in [0.717, 1.165) is 11.3 Å². The highest BCUT2D eigenvalue weighted by Gasteiger charge is 2.18. The van der Waals surface area contributed by atoms with E-state index in [1.165, 1.54) is 13.2 Å². The molecule has 0 saturated heterocycles. The van der Waals surface area contributed by atoms with Gasteiger partial charge >= 0.3 is 5.97 Å². The lowest BCUT2D eigenvalue weighted by Crippen LogP contribution is -2.31. The number of hydrogen-bond donors (Lipinski definition) is 2. The molecule has 1 rings (SSSR count). The van der Waals surface area contributed by atoms with Crippen LogP contribution in [-0.2, 0) is 20.9 Å². The van der Waals surface area contributed by atoms with Gasteiger partial charge in [0.2, 0.25) is 0 Å². The van der Waals surface area contributed by atoms with Crippen molar-refractivity contribution in [3.8, 4) is 5.75 Å². The van der Waals surface area contributed by atoms with Crippen molar-refractivity contribution < 1.29 is 29.2 Å². The summed E-state index contributed by atoms with van der Waals surface area (Å²) < 4.78 is 15.2. The first kappa shape index (κ1) is 18.2. The summed E-state index contributed by atoms with van der Waals surface area (Å²) in [5.41, 5.74) is 0.910. The van der Waals surface area contributed by atoms with Gasteiger partial charge in [-0.2, -0.15) is 0 Å². The molecule has 0 saturated carbocycles. The summed E-state index contributed by atoms with van der Waals surface area (Å²) in [5.74, 6) is 0.268. The van der Waals surface area contributed by atoms with Crippen LogP contribution in [0, 0.1) is 0 Å². The highest BCUT2D eigenvalue weighted by Crippen LogP contribution is 2.14. The summed E-state index contributed by atoms with van der Waals surface area (Å²) in [6.45, 7) is -0.142. The molecule has 0 fully saturated rings. The van der Waals surface area contributed by atoms with Crippen molar-refractivity contribution in [3.05, 3.63) is 42.0 Å². The molecule has 1 aromatic carbocycles. The van der Waals surface area contributed by atoms with Gasteiger partial charge in [0.1, 0.15) is 11.9 Å². The van der Waals surface area contributed by atoms with Crippen molar-refractivity contribution in [1.82, 2.24) is 0 Å². The maximum Gasteiger partial charge on any atom is 0.330 e. The second-order valence-corrected chi connectivity index (χ2v) is 4.61. The number of ether oxygens (including phenoxy) is 3. The Hall–Kier alpha value is -1.89. The molecule has 22 heavy (non-hydrogen) atoms.